The minimum Gasteiger partial charge on any atom is -0.493 e. The predicted octanol–water partition coefficient (Wildman–Crippen LogP) is 7.12. The van der Waals surface area contributed by atoms with E-state index < -0.39 is 0 Å². The van der Waals surface area contributed by atoms with Crippen molar-refractivity contribution in [3.05, 3.63) is 108 Å². The van der Waals surface area contributed by atoms with Crippen molar-refractivity contribution in [1.82, 2.24) is 14.9 Å². The number of unbranched alkanes of at least 4 members (excludes halogenated alkanes) is 2. The number of carbonyl (C=O) groups excluding carboxylic acids is 1. The maximum atomic E-state index is 12.2. The summed E-state index contributed by atoms with van der Waals surface area (Å²) in [6.45, 7) is 2.26. The fraction of sp³-hybridized carbons (Fsp3) is 0.294. The van der Waals surface area contributed by atoms with Crippen molar-refractivity contribution in [2.45, 2.75) is 51.5 Å². The van der Waals surface area contributed by atoms with Gasteiger partial charge < -0.3 is 14.6 Å². The molecule has 0 spiro atoms. The van der Waals surface area contributed by atoms with Crippen LogP contribution in [0.5, 0.6) is 5.75 Å². The van der Waals surface area contributed by atoms with Crippen LogP contribution < -0.4 is 10.1 Å². The number of benzene rings is 4. The molecule has 4 aromatic carbocycles. The fourth-order valence-electron chi connectivity index (χ4n) is 5.10. The second kappa shape index (κ2) is 13.6. The molecule has 200 valence electrons. The van der Waals surface area contributed by atoms with Gasteiger partial charge in [0.1, 0.15) is 11.6 Å². The molecule has 0 fully saturated rings. The Morgan fingerprint density at radius 3 is 2.49 bits per heavy atom. The normalized spacial score (nSPS) is 11.2. The van der Waals surface area contributed by atoms with Gasteiger partial charge in [0.15, 0.2) is 0 Å². The summed E-state index contributed by atoms with van der Waals surface area (Å²) < 4.78 is 8.54. The predicted molar refractivity (Wildman–Crippen MR) is 159 cm³/mol. The Hall–Kier alpha value is -4.12. The number of ether oxygens (including phenoxy) is 1. The highest BCUT2D eigenvalue weighted by Gasteiger charge is 2.11. The number of hydrogen-bond donors (Lipinski definition) is 1. The topological polar surface area (TPSA) is 56.2 Å². The van der Waals surface area contributed by atoms with Crippen molar-refractivity contribution < 1.29 is 9.53 Å². The van der Waals surface area contributed by atoms with Gasteiger partial charge in [0.2, 0.25) is 5.91 Å². The zero-order valence-electron chi connectivity index (χ0n) is 22.5. The summed E-state index contributed by atoms with van der Waals surface area (Å²) in [4.78, 5) is 17.1. The van der Waals surface area contributed by atoms with Crippen molar-refractivity contribution in [3.8, 4) is 5.75 Å². The van der Waals surface area contributed by atoms with Crippen molar-refractivity contribution >= 4 is 27.7 Å². The molecule has 1 heterocycles. The third-order valence-electron chi connectivity index (χ3n) is 7.15. The second-order valence-electron chi connectivity index (χ2n) is 9.99. The SMILES string of the molecule is O=C(CCc1ccccc1)NCCCCCc1nc2ccccc2n1CCCOc1cccc2ccccc12. The summed E-state index contributed by atoms with van der Waals surface area (Å²) in [7, 11) is 0. The molecule has 0 atom stereocenters. The van der Waals surface area contributed by atoms with Crippen LogP contribution in [0.15, 0.2) is 97.1 Å². The van der Waals surface area contributed by atoms with Crippen LogP contribution >= 0.6 is 0 Å². The lowest BCUT2D eigenvalue weighted by molar-refractivity contribution is -0.121. The van der Waals surface area contributed by atoms with E-state index in [-0.39, 0.29) is 5.91 Å². The average Bonchev–Trinajstić information content (AvgIpc) is 3.33. The van der Waals surface area contributed by atoms with Gasteiger partial charge in [-0.25, -0.2) is 4.98 Å². The van der Waals surface area contributed by atoms with E-state index in [9.17, 15) is 4.79 Å². The molecule has 1 amide bonds. The first kappa shape index (κ1) is 26.5. The van der Waals surface area contributed by atoms with Crippen LogP contribution in [0.25, 0.3) is 21.8 Å². The van der Waals surface area contributed by atoms with Gasteiger partial charge in [0.05, 0.1) is 17.6 Å². The molecule has 0 radical (unpaired) electrons. The number of nitrogens with zero attached hydrogens (tertiary/aromatic N) is 2. The first-order chi connectivity index (χ1) is 19.3. The molecule has 0 aliphatic rings. The summed E-state index contributed by atoms with van der Waals surface area (Å²) in [5.74, 6) is 2.20. The standard InChI is InChI=1S/C34H37N3O2/c38-34(23-22-27-13-3-1-4-14-27)35-24-10-2-5-21-33-36-30-18-8-9-19-31(30)37(33)25-12-26-39-32-20-11-16-28-15-6-7-17-29(28)32/h1,3-4,6-9,11,13-20H,2,5,10,12,21-26H2,(H,35,38). The van der Waals surface area contributed by atoms with Gasteiger partial charge in [0, 0.05) is 31.3 Å². The van der Waals surface area contributed by atoms with E-state index >= 15 is 0 Å². The lowest BCUT2D eigenvalue weighted by atomic mass is 10.1. The lowest BCUT2D eigenvalue weighted by Gasteiger charge is -2.12. The molecule has 5 rings (SSSR count). The van der Waals surface area contributed by atoms with Gasteiger partial charge in [-0.05, 0) is 54.8 Å². The number of nitrogens with one attached hydrogen (secondary N) is 1. The van der Waals surface area contributed by atoms with Crippen LogP contribution in [0.4, 0.5) is 0 Å². The number of rotatable bonds is 14. The van der Waals surface area contributed by atoms with Gasteiger partial charge in [-0.2, -0.15) is 0 Å². The zero-order valence-corrected chi connectivity index (χ0v) is 22.5. The van der Waals surface area contributed by atoms with Gasteiger partial charge >= 0.3 is 0 Å². The van der Waals surface area contributed by atoms with Crippen LogP contribution in [0.2, 0.25) is 0 Å². The number of aryl methyl sites for hydroxylation is 3. The lowest BCUT2D eigenvalue weighted by Crippen LogP contribution is -2.24. The van der Waals surface area contributed by atoms with Crippen LogP contribution in [-0.2, 0) is 24.2 Å². The molecule has 0 saturated heterocycles. The van der Waals surface area contributed by atoms with E-state index in [0.29, 0.717) is 13.0 Å². The van der Waals surface area contributed by atoms with E-state index in [4.69, 9.17) is 9.72 Å². The largest absolute Gasteiger partial charge is 0.493 e. The summed E-state index contributed by atoms with van der Waals surface area (Å²) in [6, 6.07) is 33.1. The zero-order chi connectivity index (χ0) is 26.7. The molecule has 0 saturated carbocycles. The third kappa shape index (κ3) is 7.26. The molecule has 5 heteroatoms. The molecule has 0 aliphatic heterocycles. The maximum absolute atomic E-state index is 12.2. The number of imidazole rings is 1. The molecule has 39 heavy (non-hydrogen) atoms. The summed E-state index contributed by atoms with van der Waals surface area (Å²) in [6.07, 6.45) is 6.26. The Morgan fingerprint density at radius 1 is 0.769 bits per heavy atom. The van der Waals surface area contributed by atoms with E-state index in [2.05, 4.69) is 76.6 Å². The average molecular weight is 520 g/mol. The maximum Gasteiger partial charge on any atom is 0.220 e. The molecular weight excluding hydrogens is 482 g/mol. The monoisotopic (exact) mass is 519 g/mol. The van der Waals surface area contributed by atoms with Crippen LogP contribution in [0.3, 0.4) is 0 Å². The first-order valence-electron chi connectivity index (χ1n) is 14.1. The molecule has 1 aromatic heterocycles. The molecule has 1 N–H and O–H groups in total. The number of fused-ring (bicyclic) bond motifs is 2. The van der Waals surface area contributed by atoms with Gasteiger partial charge in [-0.15, -0.1) is 0 Å². The van der Waals surface area contributed by atoms with Gasteiger partial charge in [0.25, 0.3) is 0 Å². The number of para-hydroxylation sites is 2. The Bertz CT molecular complexity index is 1490. The van der Waals surface area contributed by atoms with Gasteiger partial charge in [-0.3, -0.25) is 4.79 Å². The Balaban J connectivity index is 1.07. The van der Waals surface area contributed by atoms with Crippen LogP contribution in [-0.4, -0.2) is 28.6 Å². The summed E-state index contributed by atoms with van der Waals surface area (Å²) in [5, 5.41) is 5.42. The van der Waals surface area contributed by atoms with Crippen LogP contribution in [0.1, 0.15) is 43.5 Å². The van der Waals surface area contributed by atoms with E-state index in [1.54, 1.807) is 0 Å². The Morgan fingerprint density at radius 2 is 1.56 bits per heavy atom. The second-order valence-corrected chi connectivity index (χ2v) is 9.99. The highest BCUT2D eigenvalue weighted by atomic mass is 16.5. The van der Waals surface area contributed by atoms with Crippen molar-refractivity contribution in [3.63, 3.8) is 0 Å². The van der Waals surface area contributed by atoms with E-state index in [1.165, 1.54) is 16.5 Å². The van der Waals surface area contributed by atoms with Crippen molar-refractivity contribution in [2.24, 2.45) is 0 Å². The van der Waals surface area contributed by atoms with Crippen LogP contribution in [0, 0.1) is 0 Å². The molecule has 0 unspecified atom stereocenters. The first-order valence-corrected chi connectivity index (χ1v) is 14.1. The number of carbonyl (C=O) groups is 1. The molecule has 5 aromatic rings. The molecule has 0 aliphatic carbocycles. The number of aromatic nitrogens is 2. The Labute approximate surface area is 230 Å². The Kier molecular flexibility index (Phi) is 9.24. The highest BCUT2D eigenvalue weighted by molar-refractivity contribution is 5.88. The van der Waals surface area contributed by atoms with Crippen molar-refractivity contribution in [1.29, 1.82) is 0 Å². The molecule has 0 bridgehead atoms. The third-order valence-corrected chi connectivity index (χ3v) is 7.15. The molecule has 5 nitrogen and oxygen atoms in total. The minimum absolute atomic E-state index is 0.131. The summed E-state index contributed by atoms with van der Waals surface area (Å²) >= 11 is 0. The highest BCUT2D eigenvalue weighted by Crippen LogP contribution is 2.25. The van der Waals surface area contributed by atoms with E-state index in [0.717, 1.165) is 74.1 Å². The van der Waals surface area contributed by atoms with E-state index in [1.807, 2.05) is 30.3 Å². The van der Waals surface area contributed by atoms with Crippen molar-refractivity contribution in [2.75, 3.05) is 13.2 Å². The smallest absolute Gasteiger partial charge is 0.220 e. The fourth-order valence-corrected chi connectivity index (χ4v) is 5.10. The minimum atomic E-state index is 0.131. The summed E-state index contributed by atoms with van der Waals surface area (Å²) in [5.41, 5.74) is 3.44. The number of hydrogen-bond acceptors (Lipinski definition) is 3. The quantitative estimate of drug-likeness (QED) is 0.159. The molecular formula is C34H37N3O2. The van der Waals surface area contributed by atoms with Gasteiger partial charge in [-0.1, -0.05) is 85.3 Å². The number of amides is 1.